The molecule has 0 spiro atoms. The molecule has 27 heavy (non-hydrogen) atoms. The Morgan fingerprint density at radius 2 is 1.89 bits per heavy atom. The van der Waals surface area contributed by atoms with Gasteiger partial charge in [-0.15, -0.1) is 0 Å². The van der Waals surface area contributed by atoms with E-state index in [0.29, 0.717) is 23.7 Å². The summed E-state index contributed by atoms with van der Waals surface area (Å²) in [6.07, 6.45) is 3.50. The minimum absolute atomic E-state index is 0.214. The molecule has 0 amide bonds. The third-order valence-corrected chi connectivity index (χ3v) is 4.65. The van der Waals surface area contributed by atoms with Crippen LogP contribution in [0.5, 0.6) is 11.5 Å². The number of furan rings is 1. The zero-order valence-corrected chi connectivity index (χ0v) is 15.6. The molecule has 1 aromatic carbocycles. The maximum atomic E-state index is 12.8. The molecule has 6 heteroatoms. The van der Waals surface area contributed by atoms with Crippen molar-refractivity contribution in [3.05, 3.63) is 54.0 Å². The molecule has 0 unspecified atom stereocenters. The van der Waals surface area contributed by atoms with E-state index in [0.717, 1.165) is 11.1 Å². The highest BCUT2D eigenvalue weighted by molar-refractivity contribution is 6.10. The first kappa shape index (κ1) is 18.8. The van der Waals surface area contributed by atoms with Crippen molar-refractivity contribution in [3.8, 4) is 11.5 Å². The largest absolute Gasteiger partial charge is 0.497 e. The number of benzene rings is 1. The molecule has 0 radical (unpaired) electrons. The van der Waals surface area contributed by atoms with Gasteiger partial charge in [-0.2, -0.15) is 0 Å². The Hall–Kier alpha value is -3.02. The molecule has 2 atom stereocenters. The van der Waals surface area contributed by atoms with E-state index >= 15 is 0 Å². The van der Waals surface area contributed by atoms with Crippen LogP contribution in [0, 0.1) is 5.92 Å². The summed E-state index contributed by atoms with van der Waals surface area (Å²) < 4.78 is 21.3. The number of carbonyl (C=O) groups excluding carboxylic acids is 2. The minimum Gasteiger partial charge on any atom is -0.497 e. The summed E-state index contributed by atoms with van der Waals surface area (Å²) in [5, 5.41) is 0. The molecule has 1 heterocycles. The molecule has 0 saturated carbocycles. The van der Waals surface area contributed by atoms with Gasteiger partial charge in [-0.25, -0.2) is 0 Å². The fourth-order valence-corrected chi connectivity index (χ4v) is 3.37. The van der Waals surface area contributed by atoms with Crippen molar-refractivity contribution in [1.82, 2.24) is 0 Å². The summed E-state index contributed by atoms with van der Waals surface area (Å²) in [5.41, 5.74) is 1.52. The van der Waals surface area contributed by atoms with Crippen LogP contribution in [0.3, 0.4) is 0 Å². The molecular weight excluding hydrogens is 348 g/mol. The zero-order valence-electron chi connectivity index (χ0n) is 15.6. The van der Waals surface area contributed by atoms with Crippen LogP contribution in [0.15, 0.2) is 47.1 Å². The Balaban J connectivity index is 2.07. The molecule has 2 aromatic rings. The molecule has 0 N–H and O–H groups in total. The van der Waals surface area contributed by atoms with Crippen LogP contribution < -0.4 is 9.47 Å². The summed E-state index contributed by atoms with van der Waals surface area (Å²) >= 11 is 0. The van der Waals surface area contributed by atoms with Crippen molar-refractivity contribution in [1.29, 1.82) is 0 Å². The van der Waals surface area contributed by atoms with E-state index in [4.69, 9.17) is 18.6 Å². The van der Waals surface area contributed by atoms with E-state index in [1.54, 1.807) is 45.6 Å². The third-order valence-electron chi connectivity index (χ3n) is 4.65. The SMILES string of the molecule is CCOC(=O)[C@@H]1C(=O)C=C(c2ccco2)C[C@H]1c1cc(OC)cc(OC)c1. The summed E-state index contributed by atoms with van der Waals surface area (Å²) in [6.45, 7) is 1.93. The second-order valence-electron chi connectivity index (χ2n) is 6.24. The molecule has 6 nitrogen and oxygen atoms in total. The van der Waals surface area contributed by atoms with Gasteiger partial charge in [0.15, 0.2) is 5.78 Å². The van der Waals surface area contributed by atoms with Gasteiger partial charge in [0, 0.05) is 12.0 Å². The van der Waals surface area contributed by atoms with Crippen molar-refractivity contribution < 1.29 is 28.2 Å². The van der Waals surface area contributed by atoms with E-state index in [-0.39, 0.29) is 12.4 Å². The third kappa shape index (κ3) is 3.89. The molecule has 142 valence electrons. The fourth-order valence-electron chi connectivity index (χ4n) is 3.37. The van der Waals surface area contributed by atoms with Crippen LogP contribution in [0.1, 0.15) is 30.6 Å². The van der Waals surface area contributed by atoms with Gasteiger partial charge in [0.05, 0.1) is 27.1 Å². The lowest BCUT2D eigenvalue weighted by atomic mass is 9.74. The molecule has 0 saturated heterocycles. The number of allylic oxidation sites excluding steroid dienone is 2. The van der Waals surface area contributed by atoms with E-state index in [9.17, 15) is 9.59 Å². The van der Waals surface area contributed by atoms with Crippen molar-refractivity contribution in [2.24, 2.45) is 5.92 Å². The first-order valence-corrected chi connectivity index (χ1v) is 8.75. The number of esters is 1. The fraction of sp³-hybridized carbons (Fsp3) is 0.333. The van der Waals surface area contributed by atoms with Crippen LogP contribution in [0.25, 0.3) is 5.57 Å². The molecule has 0 aliphatic heterocycles. The van der Waals surface area contributed by atoms with E-state index < -0.39 is 17.8 Å². The highest BCUT2D eigenvalue weighted by Crippen LogP contribution is 2.42. The number of carbonyl (C=O) groups is 2. The molecule has 3 rings (SSSR count). The Bertz CT molecular complexity index is 827. The summed E-state index contributed by atoms with van der Waals surface area (Å²) in [5.74, 6) is -0.347. The van der Waals surface area contributed by atoms with Crippen molar-refractivity contribution in [3.63, 3.8) is 0 Å². The van der Waals surface area contributed by atoms with Gasteiger partial charge in [0.25, 0.3) is 0 Å². The van der Waals surface area contributed by atoms with Gasteiger partial charge < -0.3 is 18.6 Å². The second kappa shape index (κ2) is 8.12. The van der Waals surface area contributed by atoms with E-state index in [1.807, 2.05) is 12.1 Å². The highest BCUT2D eigenvalue weighted by atomic mass is 16.5. The first-order valence-electron chi connectivity index (χ1n) is 8.75. The molecule has 0 fully saturated rings. The average Bonchev–Trinajstić information content (AvgIpc) is 3.21. The maximum absolute atomic E-state index is 12.8. The number of ether oxygens (including phenoxy) is 3. The lowest BCUT2D eigenvalue weighted by molar-refractivity contribution is -0.151. The van der Waals surface area contributed by atoms with Gasteiger partial charge in [-0.05, 0) is 54.8 Å². The predicted octanol–water partition coefficient (Wildman–Crippen LogP) is 3.62. The second-order valence-corrected chi connectivity index (χ2v) is 6.24. The maximum Gasteiger partial charge on any atom is 0.317 e. The van der Waals surface area contributed by atoms with Crippen molar-refractivity contribution in [2.75, 3.05) is 20.8 Å². The Morgan fingerprint density at radius 3 is 2.44 bits per heavy atom. The molecule has 0 bridgehead atoms. The molecule has 1 aromatic heterocycles. The zero-order chi connectivity index (χ0) is 19.4. The van der Waals surface area contributed by atoms with Gasteiger partial charge >= 0.3 is 5.97 Å². The van der Waals surface area contributed by atoms with Gasteiger partial charge in [-0.3, -0.25) is 9.59 Å². The summed E-state index contributed by atoms with van der Waals surface area (Å²) in [7, 11) is 3.11. The van der Waals surface area contributed by atoms with Crippen molar-refractivity contribution in [2.45, 2.75) is 19.3 Å². The van der Waals surface area contributed by atoms with E-state index in [1.165, 1.54) is 6.08 Å². The number of ketones is 1. The first-order chi connectivity index (χ1) is 13.1. The van der Waals surface area contributed by atoms with Crippen LogP contribution in [-0.2, 0) is 14.3 Å². The van der Waals surface area contributed by atoms with E-state index in [2.05, 4.69) is 0 Å². The van der Waals surface area contributed by atoms with Crippen LogP contribution >= 0.6 is 0 Å². The molecule has 1 aliphatic carbocycles. The quantitative estimate of drug-likeness (QED) is 0.571. The number of hydrogen-bond acceptors (Lipinski definition) is 6. The summed E-state index contributed by atoms with van der Waals surface area (Å²) in [6, 6.07) is 8.95. The van der Waals surface area contributed by atoms with Crippen LogP contribution in [0.2, 0.25) is 0 Å². The number of hydrogen-bond donors (Lipinski definition) is 0. The highest BCUT2D eigenvalue weighted by Gasteiger charge is 2.40. The topological polar surface area (TPSA) is 75.0 Å². The number of methoxy groups -OCH3 is 2. The van der Waals surface area contributed by atoms with Crippen LogP contribution in [-0.4, -0.2) is 32.6 Å². The lowest BCUT2D eigenvalue weighted by Crippen LogP contribution is -2.34. The Morgan fingerprint density at radius 1 is 1.19 bits per heavy atom. The lowest BCUT2D eigenvalue weighted by Gasteiger charge is -2.29. The van der Waals surface area contributed by atoms with Gasteiger partial charge in [0.1, 0.15) is 23.2 Å². The van der Waals surface area contributed by atoms with Gasteiger partial charge in [0.2, 0.25) is 0 Å². The smallest absolute Gasteiger partial charge is 0.317 e. The predicted molar refractivity (Wildman–Crippen MR) is 98.7 cm³/mol. The van der Waals surface area contributed by atoms with Gasteiger partial charge in [-0.1, -0.05) is 0 Å². The molecular formula is C21H22O6. The van der Waals surface area contributed by atoms with Crippen molar-refractivity contribution >= 4 is 17.3 Å². The average molecular weight is 370 g/mol. The summed E-state index contributed by atoms with van der Waals surface area (Å²) in [4.78, 5) is 25.4. The Kier molecular flexibility index (Phi) is 5.64. The van der Waals surface area contributed by atoms with Crippen LogP contribution in [0.4, 0.5) is 0 Å². The minimum atomic E-state index is -0.916. The normalized spacial score (nSPS) is 19.4. The Labute approximate surface area is 157 Å². The standard InChI is InChI=1S/C21H22O6/c1-4-26-21(23)20-17(13-8-15(24-2)12-16(9-13)25-3)10-14(11-18(20)22)19-6-5-7-27-19/h5-9,11-12,17,20H,4,10H2,1-3H3/t17-,20-/m0/s1. The molecule has 1 aliphatic rings. The number of rotatable bonds is 6. The monoisotopic (exact) mass is 370 g/mol.